The lowest BCUT2D eigenvalue weighted by Crippen LogP contribution is -2.17. The average Bonchev–Trinajstić information content (AvgIpc) is 2.38. The zero-order valence-electron chi connectivity index (χ0n) is 9.86. The monoisotopic (exact) mass is 283 g/mol. The van der Waals surface area contributed by atoms with Gasteiger partial charge in [-0.2, -0.15) is 13.2 Å². The first-order valence-electron chi connectivity index (χ1n) is 5.40. The van der Waals surface area contributed by atoms with Crippen LogP contribution in [0.3, 0.4) is 0 Å². The molecule has 2 aromatic rings. The summed E-state index contributed by atoms with van der Waals surface area (Å²) in [4.78, 5) is 28.3. The Morgan fingerprint density at radius 1 is 1.15 bits per heavy atom. The van der Waals surface area contributed by atoms with Crippen molar-refractivity contribution in [2.45, 2.75) is 6.18 Å². The second-order valence-electron chi connectivity index (χ2n) is 3.82. The van der Waals surface area contributed by atoms with Gasteiger partial charge in [0.15, 0.2) is 0 Å². The molecule has 104 valence electrons. The highest BCUT2D eigenvalue weighted by Gasteiger charge is 2.30. The fraction of sp³-hybridized carbons (Fsp3) is 0.0833. The van der Waals surface area contributed by atoms with Crippen molar-refractivity contribution in [3.63, 3.8) is 0 Å². The summed E-state index contributed by atoms with van der Waals surface area (Å²) < 4.78 is 37.1. The van der Waals surface area contributed by atoms with Crippen LogP contribution < -0.4 is 11.0 Å². The molecule has 1 amide bonds. The minimum Gasteiger partial charge on any atom is -0.308 e. The Balaban J connectivity index is 2.16. The van der Waals surface area contributed by atoms with E-state index < -0.39 is 23.3 Å². The number of aromatic nitrogens is 2. The van der Waals surface area contributed by atoms with E-state index in [4.69, 9.17) is 0 Å². The molecule has 2 rings (SSSR count). The Labute approximate surface area is 110 Å². The number of carbonyl (C=O) groups is 1. The van der Waals surface area contributed by atoms with E-state index >= 15 is 0 Å². The van der Waals surface area contributed by atoms with Crippen LogP contribution in [0.25, 0.3) is 0 Å². The van der Waals surface area contributed by atoms with Gasteiger partial charge in [-0.15, -0.1) is 0 Å². The van der Waals surface area contributed by atoms with Gasteiger partial charge in [0, 0.05) is 11.8 Å². The number of alkyl halides is 3. The van der Waals surface area contributed by atoms with Gasteiger partial charge in [-0.05, 0) is 30.3 Å². The molecular formula is C12H8F3N3O2. The minimum atomic E-state index is -4.45. The molecule has 0 spiro atoms. The smallest absolute Gasteiger partial charge is 0.308 e. The molecule has 0 fully saturated rings. The molecule has 0 radical (unpaired) electrons. The minimum absolute atomic E-state index is 0.0376. The second-order valence-corrected chi connectivity index (χ2v) is 3.82. The molecule has 0 unspecified atom stereocenters. The largest absolute Gasteiger partial charge is 0.416 e. The van der Waals surface area contributed by atoms with Crippen molar-refractivity contribution in [1.82, 2.24) is 9.97 Å². The molecule has 1 aromatic heterocycles. The quantitative estimate of drug-likeness (QED) is 0.885. The maximum atomic E-state index is 12.4. The number of rotatable bonds is 2. The second kappa shape index (κ2) is 5.16. The molecular weight excluding hydrogens is 275 g/mol. The highest BCUT2D eigenvalue weighted by molar-refractivity contribution is 6.03. The number of H-pyrrole nitrogens is 1. The lowest BCUT2D eigenvalue weighted by atomic mass is 10.1. The molecule has 0 saturated heterocycles. The molecule has 0 aliphatic rings. The van der Waals surface area contributed by atoms with Crippen LogP contribution in [0, 0.1) is 0 Å². The number of anilines is 1. The van der Waals surface area contributed by atoms with Crippen molar-refractivity contribution in [2.24, 2.45) is 0 Å². The molecule has 0 saturated carbocycles. The number of carbonyl (C=O) groups excluding carboxylic acids is 1. The summed E-state index contributed by atoms with van der Waals surface area (Å²) in [6, 6.07) is 5.08. The fourth-order valence-electron chi connectivity index (χ4n) is 1.45. The van der Waals surface area contributed by atoms with Crippen LogP contribution in [0.1, 0.15) is 15.9 Å². The number of aromatic amines is 1. The molecule has 8 heteroatoms. The third-order valence-corrected chi connectivity index (χ3v) is 2.40. The number of nitrogens with zero attached hydrogens (tertiary/aromatic N) is 1. The first-order chi connectivity index (χ1) is 9.36. The van der Waals surface area contributed by atoms with E-state index in [1.807, 2.05) is 0 Å². The van der Waals surface area contributed by atoms with E-state index in [0.717, 1.165) is 24.3 Å². The Bertz CT molecular complexity index is 677. The van der Waals surface area contributed by atoms with Gasteiger partial charge in [-0.3, -0.25) is 9.78 Å². The maximum absolute atomic E-state index is 12.4. The summed E-state index contributed by atoms with van der Waals surface area (Å²) in [5.41, 5.74) is -1.45. The highest BCUT2D eigenvalue weighted by Crippen LogP contribution is 2.29. The van der Waals surface area contributed by atoms with Gasteiger partial charge in [0.05, 0.1) is 5.56 Å². The van der Waals surface area contributed by atoms with Crippen molar-refractivity contribution in [1.29, 1.82) is 0 Å². The molecule has 0 atom stereocenters. The van der Waals surface area contributed by atoms with Gasteiger partial charge >= 0.3 is 11.9 Å². The fourth-order valence-corrected chi connectivity index (χ4v) is 1.45. The van der Waals surface area contributed by atoms with Gasteiger partial charge in [-0.1, -0.05) is 0 Å². The lowest BCUT2D eigenvalue weighted by Gasteiger charge is -2.08. The number of halogens is 3. The highest BCUT2D eigenvalue weighted by atomic mass is 19.4. The molecule has 0 bridgehead atoms. The lowest BCUT2D eigenvalue weighted by molar-refractivity contribution is -0.137. The Morgan fingerprint density at radius 3 is 2.35 bits per heavy atom. The Hall–Kier alpha value is -2.64. The SMILES string of the molecule is O=C(Nc1ccnc(=O)[nH]1)c1ccc(C(F)(F)F)cc1. The predicted octanol–water partition coefficient (Wildman–Crippen LogP) is 2.04. The first-order valence-corrected chi connectivity index (χ1v) is 5.40. The van der Waals surface area contributed by atoms with E-state index in [9.17, 15) is 22.8 Å². The van der Waals surface area contributed by atoms with Gasteiger partial charge in [0.2, 0.25) is 0 Å². The van der Waals surface area contributed by atoms with Crippen LogP contribution in [0.15, 0.2) is 41.3 Å². The van der Waals surface area contributed by atoms with Crippen LogP contribution >= 0.6 is 0 Å². The summed E-state index contributed by atoms with van der Waals surface area (Å²) >= 11 is 0. The molecule has 1 heterocycles. The number of hydrogen-bond donors (Lipinski definition) is 2. The van der Waals surface area contributed by atoms with Crippen LogP contribution in [-0.2, 0) is 6.18 Å². The van der Waals surface area contributed by atoms with Crippen LogP contribution in [0.4, 0.5) is 19.0 Å². The van der Waals surface area contributed by atoms with Gasteiger partial charge in [0.25, 0.3) is 5.91 Å². The van der Waals surface area contributed by atoms with Gasteiger partial charge in [-0.25, -0.2) is 9.78 Å². The van der Waals surface area contributed by atoms with Crippen molar-refractivity contribution in [3.8, 4) is 0 Å². The van der Waals surface area contributed by atoms with E-state index in [0.29, 0.717) is 0 Å². The zero-order valence-corrected chi connectivity index (χ0v) is 9.86. The summed E-state index contributed by atoms with van der Waals surface area (Å²) in [5, 5.41) is 2.34. The van der Waals surface area contributed by atoms with Crippen LogP contribution in [0.5, 0.6) is 0 Å². The normalized spacial score (nSPS) is 11.2. The first kappa shape index (κ1) is 13.8. The van der Waals surface area contributed by atoms with Crippen molar-refractivity contribution in [2.75, 3.05) is 5.32 Å². The van der Waals surface area contributed by atoms with Crippen molar-refractivity contribution >= 4 is 11.7 Å². The van der Waals surface area contributed by atoms with E-state index in [2.05, 4.69) is 15.3 Å². The number of hydrogen-bond acceptors (Lipinski definition) is 3. The van der Waals surface area contributed by atoms with Gasteiger partial charge < -0.3 is 5.32 Å². The van der Waals surface area contributed by atoms with Crippen LogP contribution in [0.2, 0.25) is 0 Å². The van der Waals surface area contributed by atoms with E-state index in [-0.39, 0.29) is 11.4 Å². The maximum Gasteiger partial charge on any atom is 0.416 e. The Kier molecular flexibility index (Phi) is 3.55. The van der Waals surface area contributed by atoms with Crippen molar-refractivity contribution < 1.29 is 18.0 Å². The topological polar surface area (TPSA) is 74.8 Å². The summed E-state index contributed by atoms with van der Waals surface area (Å²) in [5.74, 6) is -0.532. The number of benzene rings is 1. The summed E-state index contributed by atoms with van der Waals surface area (Å²) in [6.45, 7) is 0. The number of nitrogens with one attached hydrogen (secondary N) is 2. The molecule has 1 aromatic carbocycles. The van der Waals surface area contributed by atoms with E-state index in [1.54, 1.807) is 0 Å². The molecule has 5 nitrogen and oxygen atoms in total. The zero-order chi connectivity index (χ0) is 14.8. The molecule has 0 aliphatic carbocycles. The Morgan fingerprint density at radius 2 is 1.80 bits per heavy atom. The predicted molar refractivity (Wildman–Crippen MR) is 64.3 cm³/mol. The molecule has 0 aliphatic heterocycles. The summed E-state index contributed by atoms with van der Waals surface area (Å²) in [6.07, 6.45) is -3.26. The average molecular weight is 283 g/mol. The third kappa shape index (κ3) is 3.22. The third-order valence-electron chi connectivity index (χ3n) is 2.40. The molecule has 20 heavy (non-hydrogen) atoms. The van der Waals surface area contributed by atoms with Crippen LogP contribution in [-0.4, -0.2) is 15.9 Å². The standard InChI is InChI=1S/C12H8F3N3O2/c13-12(14,15)8-3-1-7(2-4-8)10(19)17-9-5-6-16-11(20)18-9/h1-6H,(H2,16,17,18,19,20). The number of amides is 1. The van der Waals surface area contributed by atoms with Gasteiger partial charge in [0.1, 0.15) is 5.82 Å². The van der Waals surface area contributed by atoms with Crippen molar-refractivity contribution in [3.05, 3.63) is 58.1 Å². The summed E-state index contributed by atoms with van der Waals surface area (Å²) in [7, 11) is 0. The molecule has 2 N–H and O–H groups in total. The van der Waals surface area contributed by atoms with E-state index in [1.165, 1.54) is 12.3 Å².